The summed E-state index contributed by atoms with van der Waals surface area (Å²) >= 11 is 0. The molecule has 6 nitrogen and oxygen atoms in total. The van der Waals surface area contributed by atoms with Gasteiger partial charge in [0, 0.05) is 46.3 Å². The normalized spacial score (nSPS) is 10.4. The molecule has 0 aliphatic carbocycles. The number of nitrogens with zero attached hydrogens (tertiary/aromatic N) is 2. The van der Waals surface area contributed by atoms with Crippen molar-refractivity contribution in [2.24, 2.45) is 0 Å². The minimum absolute atomic E-state index is 0.125. The lowest BCUT2D eigenvalue weighted by molar-refractivity contribution is 0.186. The number of anilines is 6. The minimum atomic E-state index is -0.125. The molecule has 220 valence electrons. The lowest BCUT2D eigenvalue weighted by atomic mass is 10.0. The zero-order valence-corrected chi connectivity index (χ0v) is 24.1. The van der Waals surface area contributed by atoms with Crippen LogP contribution in [0.5, 0.6) is 11.5 Å². The molecular formula is C38H34N2O4. The molecule has 0 amide bonds. The van der Waals surface area contributed by atoms with Crippen LogP contribution < -0.4 is 9.80 Å². The topological polar surface area (TPSA) is 87.4 Å². The van der Waals surface area contributed by atoms with Crippen LogP contribution in [0.2, 0.25) is 0 Å². The molecule has 0 fully saturated rings. The predicted octanol–water partition coefficient (Wildman–Crippen LogP) is 8.68. The zero-order valence-electron chi connectivity index (χ0n) is 24.1. The van der Waals surface area contributed by atoms with Gasteiger partial charge < -0.3 is 30.2 Å². The van der Waals surface area contributed by atoms with E-state index in [4.69, 9.17) is 10.2 Å². The first-order valence-corrected chi connectivity index (χ1v) is 14.3. The van der Waals surface area contributed by atoms with E-state index in [1.54, 1.807) is 24.3 Å². The van der Waals surface area contributed by atoms with Crippen LogP contribution in [0, 0.1) is 0 Å². The number of hydrogen-bond donors (Lipinski definition) is 4. The van der Waals surface area contributed by atoms with Crippen LogP contribution in [-0.2, 0) is 0 Å². The summed E-state index contributed by atoms with van der Waals surface area (Å²) in [6.45, 7) is -0.250. The second-order valence-corrected chi connectivity index (χ2v) is 9.92. The number of hydrogen-bond acceptors (Lipinski definition) is 6. The standard InChI is InChI=1S/C36H28N2O2.C2H6O2/c39-35-15-7-13-33(25-35)37(29-9-3-1-4-10-29)31-21-17-27(18-22-31)28-19-23-32(24-20-28)38(30-11-5-2-6-12-30)34-14-8-16-36(40)26-34;3-1-2-4/h1-26,39-40H;3-4H,1-2H2. The number of para-hydroxylation sites is 2. The van der Waals surface area contributed by atoms with Gasteiger partial charge in [-0.25, -0.2) is 0 Å². The lowest BCUT2D eigenvalue weighted by Crippen LogP contribution is -2.09. The third-order valence-corrected chi connectivity index (χ3v) is 6.89. The summed E-state index contributed by atoms with van der Waals surface area (Å²) in [7, 11) is 0. The third-order valence-electron chi connectivity index (χ3n) is 6.89. The van der Waals surface area contributed by atoms with E-state index in [-0.39, 0.29) is 24.7 Å². The average Bonchev–Trinajstić information content (AvgIpc) is 3.07. The number of aromatic hydroxyl groups is 2. The molecule has 0 bridgehead atoms. The van der Waals surface area contributed by atoms with Gasteiger partial charge in [0.15, 0.2) is 0 Å². The molecule has 0 unspecified atom stereocenters. The summed E-state index contributed by atoms with van der Waals surface area (Å²) in [6.07, 6.45) is 0. The van der Waals surface area contributed by atoms with E-state index >= 15 is 0 Å². The Morgan fingerprint density at radius 1 is 0.341 bits per heavy atom. The van der Waals surface area contributed by atoms with Gasteiger partial charge in [-0.3, -0.25) is 0 Å². The Hall–Kier alpha value is -5.56. The Labute approximate surface area is 257 Å². The smallest absolute Gasteiger partial charge is 0.117 e. The number of phenolic OH excluding ortho intramolecular Hbond substituents is 2. The van der Waals surface area contributed by atoms with Crippen molar-refractivity contribution in [1.29, 1.82) is 0 Å². The molecule has 0 saturated carbocycles. The van der Waals surface area contributed by atoms with Gasteiger partial charge in [-0.15, -0.1) is 0 Å². The summed E-state index contributed by atoms with van der Waals surface area (Å²) < 4.78 is 0. The number of aliphatic hydroxyl groups is 2. The van der Waals surface area contributed by atoms with E-state index < -0.39 is 0 Å². The van der Waals surface area contributed by atoms with Crippen molar-refractivity contribution in [2.45, 2.75) is 0 Å². The van der Waals surface area contributed by atoms with Crippen LogP contribution in [0.15, 0.2) is 158 Å². The molecule has 0 aromatic heterocycles. The number of rotatable bonds is 8. The summed E-state index contributed by atoms with van der Waals surface area (Å²) in [5.74, 6) is 0.454. The van der Waals surface area contributed by atoms with Crippen LogP contribution in [0.3, 0.4) is 0 Å². The maximum Gasteiger partial charge on any atom is 0.117 e. The largest absolute Gasteiger partial charge is 0.508 e. The van der Waals surface area contributed by atoms with E-state index in [9.17, 15) is 10.2 Å². The molecular weight excluding hydrogens is 548 g/mol. The first kappa shape index (κ1) is 29.9. The quantitative estimate of drug-likeness (QED) is 0.144. The molecule has 44 heavy (non-hydrogen) atoms. The van der Waals surface area contributed by atoms with Crippen molar-refractivity contribution in [3.63, 3.8) is 0 Å². The summed E-state index contributed by atoms with van der Waals surface area (Å²) in [5, 5.41) is 35.5. The second-order valence-electron chi connectivity index (χ2n) is 9.92. The Bertz CT molecular complexity index is 1610. The fourth-order valence-corrected chi connectivity index (χ4v) is 4.92. The first-order valence-electron chi connectivity index (χ1n) is 14.3. The molecule has 6 rings (SSSR count). The maximum absolute atomic E-state index is 10.1. The number of benzene rings is 6. The Kier molecular flexibility index (Phi) is 9.90. The average molecular weight is 583 g/mol. The number of phenols is 2. The molecule has 0 saturated heterocycles. The Balaban J connectivity index is 0.000000906. The van der Waals surface area contributed by atoms with Crippen molar-refractivity contribution < 1.29 is 20.4 Å². The molecule has 0 aliphatic rings. The van der Waals surface area contributed by atoms with Gasteiger partial charge in [-0.2, -0.15) is 0 Å². The van der Waals surface area contributed by atoms with E-state index in [1.807, 2.05) is 60.7 Å². The van der Waals surface area contributed by atoms with Crippen LogP contribution in [0.1, 0.15) is 0 Å². The van der Waals surface area contributed by atoms with Gasteiger partial charge >= 0.3 is 0 Å². The molecule has 6 aromatic carbocycles. The van der Waals surface area contributed by atoms with Crippen LogP contribution in [-0.4, -0.2) is 33.6 Å². The predicted molar refractivity (Wildman–Crippen MR) is 179 cm³/mol. The molecule has 6 aromatic rings. The van der Waals surface area contributed by atoms with Crippen molar-refractivity contribution in [3.8, 4) is 22.6 Å². The highest BCUT2D eigenvalue weighted by atomic mass is 16.3. The summed E-state index contributed by atoms with van der Waals surface area (Å²) in [5.41, 5.74) is 7.99. The highest BCUT2D eigenvalue weighted by Crippen LogP contribution is 2.38. The van der Waals surface area contributed by atoms with Gasteiger partial charge in [-0.05, 0) is 83.9 Å². The fourth-order valence-electron chi connectivity index (χ4n) is 4.92. The Morgan fingerprint density at radius 2 is 0.659 bits per heavy atom. The van der Waals surface area contributed by atoms with E-state index in [0.717, 1.165) is 45.3 Å². The molecule has 0 spiro atoms. The Morgan fingerprint density at radius 3 is 0.977 bits per heavy atom. The highest BCUT2D eigenvalue weighted by Gasteiger charge is 2.15. The van der Waals surface area contributed by atoms with Crippen LogP contribution in [0.25, 0.3) is 11.1 Å². The highest BCUT2D eigenvalue weighted by molar-refractivity contribution is 5.81. The van der Waals surface area contributed by atoms with Gasteiger partial charge in [0.25, 0.3) is 0 Å². The van der Waals surface area contributed by atoms with Gasteiger partial charge in [-0.1, -0.05) is 72.8 Å². The summed E-state index contributed by atoms with van der Waals surface area (Å²) in [4.78, 5) is 4.25. The summed E-state index contributed by atoms with van der Waals surface area (Å²) in [6, 6.07) is 51.7. The van der Waals surface area contributed by atoms with Gasteiger partial charge in [0.1, 0.15) is 11.5 Å². The van der Waals surface area contributed by atoms with E-state index in [2.05, 4.69) is 82.6 Å². The molecule has 0 heterocycles. The monoisotopic (exact) mass is 582 g/mol. The van der Waals surface area contributed by atoms with Crippen LogP contribution >= 0.6 is 0 Å². The van der Waals surface area contributed by atoms with E-state index in [0.29, 0.717) is 0 Å². The molecule has 0 aliphatic heterocycles. The molecule has 6 heteroatoms. The van der Waals surface area contributed by atoms with Crippen molar-refractivity contribution in [3.05, 3.63) is 158 Å². The van der Waals surface area contributed by atoms with E-state index in [1.165, 1.54) is 0 Å². The number of aliphatic hydroxyl groups excluding tert-OH is 2. The van der Waals surface area contributed by atoms with Crippen molar-refractivity contribution in [2.75, 3.05) is 23.0 Å². The van der Waals surface area contributed by atoms with Crippen molar-refractivity contribution in [1.82, 2.24) is 0 Å². The molecule has 0 radical (unpaired) electrons. The SMILES string of the molecule is OCCO.Oc1cccc(N(c2ccccc2)c2ccc(-c3ccc(N(c4ccccc4)c4cccc(O)c4)cc3)cc2)c1. The minimum Gasteiger partial charge on any atom is -0.508 e. The second kappa shape index (κ2) is 14.6. The fraction of sp³-hybridized carbons (Fsp3) is 0.0526. The lowest BCUT2D eigenvalue weighted by Gasteiger charge is -2.26. The third kappa shape index (κ3) is 7.25. The molecule has 4 N–H and O–H groups in total. The maximum atomic E-state index is 10.1. The first-order chi connectivity index (χ1) is 21.6. The zero-order chi connectivity index (χ0) is 30.7. The van der Waals surface area contributed by atoms with Crippen molar-refractivity contribution >= 4 is 34.1 Å². The van der Waals surface area contributed by atoms with Gasteiger partial charge in [0.2, 0.25) is 0 Å². The van der Waals surface area contributed by atoms with Crippen LogP contribution in [0.4, 0.5) is 34.1 Å². The molecule has 0 atom stereocenters. The van der Waals surface area contributed by atoms with Gasteiger partial charge in [0.05, 0.1) is 13.2 Å².